The minimum atomic E-state index is -0.156. The summed E-state index contributed by atoms with van der Waals surface area (Å²) in [5, 5.41) is 5.84. The molecule has 4 rings (SSSR count). The number of hydrogen-bond donors (Lipinski definition) is 3. The van der Waals surface area contributed by atoms with Crippen LogP contribution in [-0.4, -0.2) is 28.3 Å². The van der Waals surface area contributed by atoms with Crippen molar-refractivity contribution in [3.05, 3.63) is 80.8 Å². The van der Waals surface area contributed by atoms with Crippen molar-refractivity contribution in [2.45, 2.75) is 20.3 Å². The van der Waals surface area contributed by atoms with Crippen LogP contribution in [0, 0.1) is 13.8 Å². The van der Waals surface area contributed by atoms with E-state index in [1.807, 2.05) is 50.2 Å². The smallest absolute Gasteiger partial charge is 0.256 e. The van der Waals surface area contributed by atoms with Gasteiger partial charge in [0.05, 0.1) is 11.1 Å². The van der Waals surface area contributed by atoms with Crippen molar-refractivity contribution in [2.75, 3.05) is 11.9 Å². The summed E-state index contributed by atoms with van der Waals surface area (Å²) in [6, 6.07) is 11.4. The van der Waals surface area contributed by atoms with Gasteiger partial charge in [-0.25, -0.2) is 0 Å². The molecule has 0 fully saturated rings. The zero-order chi connectivity index (χ0) is 21.3. The van der Waals surface area contributed by atoms with Gasteiger partial charge in [0.2, 0.25) is 0 Å². The second kappa shape index (κ2) is 8.28. The number of pyridine rings is 1. The first-order chi connectivity index (χ1) is 14.4. The Balaban J connectivity index is 1.55. The Morgan fingerprint density at radius 3 is 2.83 bits per heavy atom. The van der Waals surface area contributed by atoms with E-state index in [2.05, 4.69) is 36.5 Å². The minimum Gasteiger partial charge on any atom is -0.358 e. The highest BCUT2D eigenvalue weighted by atomic mass is 79.9. The van der Waals surface area contributed by atoms with E-state index in [0.717, 1.165) is 38.4 Å². The van der Waals surface area contributed by atoms with Crippen LogP contribution in [0.5, 0.6) is 0 Å². The molecule has 2 aromatic heterocycles. The Hall–Kier alpha value is -3.19. The van der Waals surface area contributed by atoms with Gasteiger partial charge in [0, 0.05) is 52.0 Å². The van der Waals surface area contributed by atoms with E-state index in [-0.39, 0.29) is 11.8 Å². The third-order valence-corrected chi connectivity index (χ3v) is 5.64. The molecule has 0 radical (unpaired) electrons. The van der Waals surface area contributed by atoms with Gasteiger partial charge in [0.25, 0.3) is 11.8 Å². The summed E-state index contributed by atoms with van der Waals surface area (Å²) < 4.78 is 0.899. The molecule has 0 atom stereocenters. The quantitative estimate of drug-likeness (QED) is 0.493. The SMILES string of the molecule is Cc1[nH]c(/C=C2\C(=O)Nc3ccc(Br)cc32)c(C)c1C(=O)NCCc1ccccn1. The van der Waals surface area contributed by atoms with Gasteiger partial charge in [-0.15, -0.1) is 0 Å². The zero-order valence-corrected chi connectivity index (χ0v) is 18.3. The Morgan fingerprint density at radius 2 is 2.07 bits per heavy atom. The van der Waals surface area contributed by atoms with Crippen molar-refractivity contribution < 1.29 is 9.59 Å². The molecule has 2 amide bonds. The lowest BCUT2D eigenvalue weighted by molar-refractivity contribution is -0.110. The minimum absolute atomic E-state index is 0.138. The molecule has 0 unspecified atom stereocenters. The Kier molecular flexibility index (Phi) is 5.55. The molecule has 1 aliphatic rings. The number of hydrogen-bond acceptors (Lipinski definition) is 3. The molecular formula is C23H21BrN4O2. The molecule has 0 spiro atoms. The number of halogens is 1. The average molecular weight is 465 g/mol. The Labute approximate surface area is 182 Å². The molecule has 0 aliphatic carbocycles. The molecule has 0 bridgehead atoms. The fraction of sp³-hybridized carbons (Fsp3) is 0.174. The topological polar surface area (TPSA) is 86.9 Å². The molecule has 0 saturated heterocycles. The fourth-order valence-electron chi connectivity index (χ4n) is 3.65. The molecule has 6 nitrogen and oxygen atoms in total. The van der Waals surface area contributed by atoms with E-state index in [1.165, 1.54) is 0 Å². The maximum Gasteiger partial charge on any atom is 0.256 e. The van der Waals surface area contributed by atoms with Crippen molar-refractivity contribution in [1.29, 1.82) is 0 Å². The highest BCUT2D eigenvalue weighted by Crippen LogP contribution is 2.35. The molecule has 0 saturated carbocycles. The Bertz CT molecular complexity index is 1170. The Morgan fingerprint density at radius 1 is 1.23 bits per heavy atom. The van der Waals surface area contributed by atoms with E-state index in [9.17, 15) is 9.59 Å². The van der Waals surface area contributed by atoms with Crippen LogP contribution in [0.25, 0.3) is 11.6 Å². The first-order valence-electron chi connectivity index (χ1n) is 9.64. The molecule has 3 aromatic rings. The molecule has 3 heterocycles. The van der Waals surface area contributed by atoms with Crippen LogP contribution in [0.15, 0.2) is 47.1 Å². The van der Waals surface area contributed by atoms with Gasteiger partial charge < -0.3 is 15.6 Å². The molecule has 3 N–H and O–H groups in total. The molecule has 1 aliphatic heterocycles. The average Bonchev–Trinajstić information content (AvgIpc) is 3.18. The summed E-state index contributed by atoms with van der Waals surface area (Å²) in [4.78, 5) is 32.8. The lowest BCUT2D eigenvalue weighted by atomic mass is 10.0. The van der Waals surface area contributed by atoms with Gasteiger partial charge in [-0.3, -0.25) is 14.6 Å². The van der Waals surface area contributed by atoms with Crippen molar-refractivity contribution in [3.8, 4) is 0 Å². The number of aromatic amines is 1. The summed E-state index contributed by atoms with van der Waals surface area (Å²) in [5.41, 5.74) is 6.05. The van der Waals surface area contributed by atoms with E-state index in [1.54, 1.807) is 12.3 Å². The van der Waals surface area contributed by atoms with Crippen LogP contribution in [0.4, 0.5) is 5.69 Å². The summed E-state index contributed by atoms with van der Waals surface area (Å²) in [7, 11) is 0. The standard InChI is InChI=1S/C23H21BrN4O2/c1-13-20(12-18-17-11-15(24)6-7-19(17)28-22(18)29)27-14(2)21(13)23(30)26-10-8-16-5-3-4-9-25-16/h3-7,9,11-12,27H,8,10H2,1-2H3,(H,26,30)(H,28,29)/b18-12-. The predicted octanol–water partition coefficient (Wildman–Crippen LogP) is 4.25. The van der Waals surface area contributed by atoms with Gasteiger partial charge >= 0.3 is 0 Å². The van der Waals surface area contributed by atoms with Crippen LogP contribution in [0.2, 0.25) is 0 Å². The van der Waals surface area contributed by atoms with Crippen LogP contribution >= 0.6 is 15.9 Å². The highest BCUT2D eigenvalue weighted by molar-refractivity contribution is 9.10. The van der Waals surface area contributed by atoms with Crippen LogP contribution in [-0.2, 0) is 11.2 Å². The van der Waals surface area contributed by atoms with Crippen LogP contribution in [0.1, 0.15) is 38.6 Å². The molecule has 152 valence electrons. The number of benzene rings is 1. The van der Waals surface area contributed by atoms with Gasteiger partial charge in [-0.2, -0.15) is 0 Å². The number of aryl methyl sites for hydroxylation is 1. The number of rotatable bonds is 5. The van der Waals surface area contributed by atoms with Crippen molar-refractivity contribution in [1.82, 2.24) is 15.3 Å². The molecular weight excluding hydrogens is 444 g/mol. The number of nitrogens with one attached hydrogen (secondary N) is 3. The zero-order valence-electron chi connectivity index (χ0n) is 16.7. The summed E-state index contributed by atoms with van der Waals surface area (Å²) in [5.74, 6) is -0.294. The van der Waals surface area contributed by atoms with Crippen molar-refractivity contribution in [3.63, 3.8) is 0 Å². The number of nitrogens with zero attached hydrogens (tertiary/aromatic N) is 1. The van der Waals surface area contributed by atoms with Gasteiger partial charge in [0.1, 0.15) is 0 Å². The first-order valence-corrected chi connectivity index (χ1v) is 10.4. The van der Waals surface area contributed by atoms with Crippen molar-refractivity contribution >= 4 is 45.1 Å². The fourth-order valence-corrected chi connectivity index (χ4v) is 4.01. The maximum atomic E-state index is 12.8. The van der Waals surface area contributed by atoms with E-state index >= 15 is 0 Å². The number of carbonyl (C=O) groups is 2. The predicted molar refractivity (Wildman–Crippen MR) is 121 cm³/mol. The maximum absolute atomic E-state index is 12.8. The van der Waals surface area contributed by atoms with E-state index in [4.69, 9.17) is 0 Å². The largest absolute Gasteiger partial charge is 0.358 e. The van der Waals surface area contributed by atoms with Crippen LogP contribution in [0.3, 0.4) is 0 Å². The normalized spacial score (nSPS) is 14.0. The second-order valence-electron chi connectivity index (χ2n) is 7.19. The van der Waals surface area contributed by atoms with Crippen molar-refractivity contribution in [2.24, 2.45) is 0 Å². The lowest BCUT2D eigenvalue weighted by Crippen LogP contribution is -2.26. The molecule has 1 aromatic carbocycles. The number of H-pyrrole nitrogens is 1. The summed E-state index contributed by atoms with van der Waals surface area (Å²) in [6.07, 6.45) is 4.21. The summed E-state index contributed by atoms with van der Waals surface area (Å²) >= 11 is 3.46. The third kappa shape index (κ3) is 3.93. The number of carbonyl (C=O) groups excluding carboxylic acids is 2. The second-order valence-corrected chi connectivity index (χ2v) is 8.11. The molecule has 30 heavy (non-hydrogen) atoms. The third-order valence-electron chi connectivity index (χ3n) is 5.15. The van der Waals surface area contributed by atoms with Gasteiger partial charge in [-0.1, -0.05) is 22.0 Å². The van der Waals surface area contributed by atoms with E-state index < -0.39 is 0 Å². The van der Waals surface area contributed by atoms with E-state index in [0.29, 0.717) is 24.1 Å². The number of aromatic nitrogens is 2. The summed E-state index contributed by atoms with van der Waals surface area (Å²) in [6.45, 7) is 4.25. The first kappa shape index (κ1) is 20.1. The highest BCUT2D eigenvalue weighted by Gasteiger charge is 2.25. The number of amides is 2. The number of anilines is 1. The van der Waals surface area contributed by atoms with Crippen LogP contribution < -0.4 is 10.6 Å². The van der Waals surface area contributed by atoms with Gasteiger partial charge in [-0.05, 0) is 55.8 Å². The molecule has 7 heteroatoms. The lowest BCUT2D eigenvalue weighted by Gasteiger charge is -2.06. The van der Waals surface area contributed by atoms with Gasteiger partial charge in [0.15, 0.2) is 0 Å². The number of fused-ring (bicyclic) bond motifs is 1. The monoisotopic (exact) mass is 464 g/mol.